The van der Waals surface area contributed by atoms with Gasteiger partial charge in [-0.05, 0) is 36.4 Å². The minimum atomic E-state index is -0.184. The Kier molecular flexibility index (Phi) is 6.14. The maximum absolute atomic E-state index is 12.5. The average Bonchev–Trinajstić information content (AvgIpc) is 3.29. The van der Waals surface area contributed by atoms with Crippen molar-refractivity contribution in [2.24, 2.45) is 21.1 Å². The Morgan fingerprint density at radius 1 is 0.939 bits per heavy atom. The normalized spacial score (nSPS) is 11.1. The van der Waals surface area contributed by atoms with Crippen molar-refractivity contribution in [2.75, 3.05) is 25.3 Å². The highest BCUT2D eigenvalue weighted by molar-refractivity contribution is 7.99. The molecule has 11 heteroatoms. The van der Waals surface area contributed by atoms with Crippen LogP contribution in [-0.2, 0) is 25.9 Å². The van der Waals surface area contributed by atoms with Crippen LogP contribution in [-0.4, -0.2) is 49.8 Å². The van der Waals surface area contributed by atoms with Gasteiger partial charge in [0.25, 0.3) is 0 Å². The average molecular weight is 469 g/mol. The fraction of sp³-hybridized carbons (Fsp3) is 0.273. The van der Waals surface area contributed by atoms with E-state index in [-0.39, 0.29) is 17.3 Å². The first-order valence-electron chi connectivity index (χ1n) is 10.0. The molecule has 4 rings (SSSR count). The van der Waals surface area contributed by atoms with Crippen molar-refractivity contribution in [1.29, 1.82) is 0 Å². The van der Waals surface area contributed by atoms with Crippen molar-refractivity contribution in [3.8, 4) is 22.9 Å². The van der Waals surface area contributed by atoms with Crippen LogP contribution in [0.1, 0.15) is 0 Å². The van der Waals surface area contributed by atoms with Crippen molar-refractivity contribution >= 4 is 34.4 Å². The van der Waals surface area contributed by atoms with Crippen LogP contribution in [0.3, 0.4) is 0 Å². The first-order valence-corrected chi connectivity index (χ1v) is 11.0. The monoisotopic (exact) mass is 468 g/mol. The molecule has 0 saturated carbocycles. The predicted octanol–water partition coefficient (Wildman–Crippen LogP) is 2.42. The predicted molar refractivity (Wildman–Crippen MR) is 127 cm³/mol. The summed E-state index contributed by atoms with van der Waals surface area (Å²) in [6, 6.07) is 10.9. The molecule has 0 aliphatic heterocycles. The molecular formula is C22H24N6O4S. The lowest BCUT2D eigenvalue weighted by Gasteiger charge is -2.09. The van der Waals surface area contributed by atoms with Crippen LogP contribution in [0.2, 0.25) is 0 Å². The Balaban J connectivity index is 1.45. The zero-order valence-electron chi connectivity index (χ0n) is 18.9. The van der Waals surface area contributed by atoms with Crippen LogP contribution in [0.4, 0.5) is 5.69 Å². The number of nitrogens with one attached hydrogen (secondary N) is 1. The van der Waals surface area contributed by atoms with Crippen LogP contribution in [0, 0.1) is 0 Å². The number of fused-ring (bicyclic) bond motifs is 1. The molecule has 1 amide bonds. The van der Waals surface area contributed by atoms with Crippen LogP contribution < -0.4 is 20.5 Å². The molecule has 0 spiro atoms. The largest absolute Gasteiger partial charge is 0.493 e. The number of thioether (sulfide) groups is 1. The molecule has 33 heavy (non-hydrogen) atoms. The SMILES string of the molecule is COc1ccc(-c2nnc(SCC(=O)Nc3ccc4c(c3)n(C)c(=O)n4C)n2C)cc1OC. The summed E-state index contributed by atoms with van der Waals surface area (Å²) in [7, 11) is 8.43. The summed E-state index contributed by atoms with van der Waals surface area (Å²) in [5.41, 5.74) is 2.88. The molecule has 0 radical (unpaired) electrons. The first kappa shape index (κ1) is 22.5. The zero-order chi connectivity index (χ0) is 23.7. The summed E-state index contributed by atoms with van der Waals surface area (Å²) in [5, 5.41) is 12.0. The molecule has 0 saturated heterocycles. The van der Waals surface area contributed by atoms with Gasteiger partial charge in [-0.1, -0.05) is 11.8 Å². The Labute approximate surface area is 194 Å². The molecule has 4 aromatic rings. The number of carbonyl (C=O) groups excluding carboxylic acids is 1. The van der Waals surface area contributed by atoms with Gasteiger partial charge in [0, 0.05) is 32.4 Å². The second-order valence-electron chi connectivity index (χ2n) is 7.38. The topological polar surface area (TPSA) is 105 Å². The van der Waals surface area contributed by atoms with E-state index in [9.17, 15) is 9.59 Å². The molecule has 172 valence electrons. The highest BCUT2D eigenvalue weighted by Gasteiger charge is 2.16. The molecule has 0 atom stereocenters. The maximum atomic E-state index is 12.5. The fourth-order valence-corrected chi connectivity index (χ4v) is 4.29. The second-order valence-corrected chi connectivity index (χ2v) is 8.32. The van der Waals surface area contributed by atoms with Gasteiger partial charge in [-0.25, -0.2) is 4.79 Å². The molecule has 10 nitrogen and oxygen atoms in total. The summed E-state index contributed by atoms with van der Waals surface area (Å²) in [4.78, 5) is 24.6. The molecule has 0 aliphatic carbocycles. The number of anilines is 1. The number of nitrogens with zero attached hydrogens (tertiary/aromatic N) is 5. The Morgan fingerprint density at radius 3 is 2.39 bits per heavy atom. The Bertz CT molecular complexity index is 1400. The smallest absolute Gasteiger partial charge is 0.328 e. The lowest BCUT2D eigenvalue weighted by atomic mass is 10.2. The van der Waals surface area contributed by atoms with Gasteiger partial charge in [-0.15, -0.1) is 10.2 Å². The summed E-state index contributed by atoms with van der Waals surface area (Å²) >= 11 is 1.28. The summed E-state index contributed by atoms with van der Waals surface area (Å²) in [5.74, 6) is 1.84. The number of hydrogen-bond acceptors (Lipinski definition) is 7. The Morgan fingerprint density at radius 2 is 1.67 bits per heavy atom. The highest BCUT2D eigenvalue weighted by Crippen LogP contribution is 2.32. The number of hydrogen-bond donors (Lipinski definition) is 1. The lowest BCUT2D eigenvalue weighted by molar-refractivity contribution is -0.113. The van der Waals surface area contributed by atoms with E-state index in [1.807, 2.05) is 35.9 Å². The molecular weight excluding hydrogens is 444 g/mol. The molecule has 2 aromatic heterocycles. The minimum Gasteiger partial charge on any atom is -0.493 e. The number of imidazole rings is 1. The lowest BCUT2D eigenvalue weighted by Crippen LogP contribution is -2.19. The third-order valence-electron chi connectivity index (χ3n) is 5.36. The molecule has 0 unspecified atom stereocenters. The van der Waals surface area contributed by atoms with Crippen LogP contribution in [0.15, 0.2) is 46.3 Å². The maximum Gasteiger partial charge on any atom is 0.328 e. The van der Waals surface area contributed by atoms with E-state index in [0.717, 1.165) is 16.6 Å². The van der Waals surface area contributed by atoms with Crippen molar-refractivity contribution in [3.63, 3.8) is 0 Å². The minimum absolute atomic E-state index is 0.114. The molecule has 0 fully saturated rings. The second kappa shape index (κ2) is 9.02. The van der Waals surface area contributed by atoms with Crippen LogP contribution in [0.5, 0.6) is 11.5 Å². The van der Waals surface area contributed by atoms with Gasteiger partial charge >= 0.3 is 5.69 Å². The van der Waals surface area contributed by atoms with Crippen LogP contribution >= 0.6 is 11.8 Å². The van der Waals surface area contributed by atoms with E-state index in [0.29, 0.717) is 28.2 Å². The van der Waals surface area contributed by atoms with Crippen LogP contribution in [0.25, 0.3) is 22.4 Å². The van der Waals surface area contributed by atoms with Crippen molar-refractivity contribution in [3.05, 3.63) is 46.9 Å². The van der Waals surface area contributed by atoms with Gasteiger partial charge in [-0.3, -0.25) is 13.9 Å². The number of ether oxygens (including phenoxy) is 2. The number of aromatic nitrogens is 5. The summed E-state index contributed by atoms with van der Waals surface area (Å²) in [6.45, 7) is 0. The quantitative estimate of drug-likeness (QED) is 0.415. The van der Waals surface area contributed by atoms with Crippen molar-refractivity contribution < 1.29 is 14.3 Å². The third-order valence-corrected chi connectivity index (χ3v) is 6.38. The standard InChI is InChI=1S/C22H24N6O4S/c1-26-15-8-7-14(11-16(15)27(2)22(26)30)23-19(29)12-33-21-25-24-20(28(21)3)13-6-9-17(31-4)18(10-13)32-5/h6-11H,12H2,1-5H3,(H,23,29). The Hall–Kier alpha value is -3.73. The van der Waals surface area contributed by atoms with Gasteiger partial charge in [0.2, 0.25) is 5.91 Å². The van der Waals surface area contributed by atoms with Gasteiger partial charge in [0.1, 0.15) is 0 Å². The zero-order valence-corrected chi connectivity index (χ0v) is 19.8. The highest BCUT2D eigenvalue weighted by atomic mass is 32.2. The molecule has 1 N–H and O–H groups in total. The first-order chi connectivity index (χ1) is 15.8. The number of aryl methyl sites for hydroxylation is 2. The van der Waals surface area contributed by atoms with Gasteiger partial charge in [0.15, 0.2) is 22.5 Å². The summed E-state index contributed by atoms with van der Waals surface area (Å²) < 4.78 is 15.6. The van der Waals surface area contributed by atoms with E-state index in [4.69, 9.17) is 9.47 Å². The van der Waals surface area contributed by atoms with Gasteiger partial charge < -0.3 is 19.4 Å². The van der Waals surface area contributed by atoms with E-state index >= 15 is 0 Å². The van der Waals surface area contributed by atoms with Crippen molar-refractivity contribution in [1.82, 2.24) is 23.9 Å². The molecule has 2 aromatic carbocycles. The van der Waals surface area contributed by atoms with E-state index < -0.39 is 0 Å². The number of carbonyl (C=O) groups is 1. The third kappa shape index (κ3) is 4.19. The molecule has 0 bridgehead atoms. The van der Waals surface area contributed by atoms with E-state index in [2.05, 4.69) is 15.5 Å². The fourth-order valence-electron chi connectivity index (χ4n) is 3.58. The van der Waals surface area contributed by atoms with Crippen molar-refractivity contribution in [2.45, 2.75) is 5.16 Å². The van der Waals surface area contributed by atoms with E-state index in [1.165, 1.54) is 11.8 Å². The summed E-state index contributed by atoms with van der Waals surface area (Å²) in [6.07, 6.45) is 0. The number of rotatable bonds is 7. The number of benzene rings is 2. The molecule has 0 aliphatic rings. The van der Waals surface area contributed by atoms with Gasteiger partial charge in [-0.2, -0.15) is 0 Å². The van der Waals surface area contributed by atoms with Gasteiger partial charge in [0.05, 0.1) is 31.0 Å². The number of methoxy groups -OCH3 is 2. The number of amides is 1. The molecule has 2 heterocycles. The van der Waals surface area contributed by atoms with E-state index in [1.54, 1.807) is 49.6 Å².